The largest absolute Gasteiger partial charge is 0.484 e. The average molecular weight is 346 g/mol. The van der Waals surface area contributed by atoms with Gasteiger partial charge in [0.2, 0.25) is 0 Å². The van der Waals surface area contributed by atoms with Crippen LogP contribution < -0.4 is 15.8 Å². The molecule has 0 saturated carbocycles. The maximum absolute atomic E-state index is 12.0. The second-order valence-corrected chi connectivity index (χ2v) is 5.12. The summed E-state index contributed by atoms with van der Waals surface area (Å²) in [6.45, 7) is 1.43. The zero-order chi connectivity index (χ0) is 18.2. The van der Waals surface area contributed by atoms with Crippen molar-refractivity contribution < 1.29 is 28.3 Å². The lowest BCUT2D eigenvalue weighted by molar-refractivity contribution is -0.129. The summed E-state index contributed by atoms with van der Waals surface area (Å²) < 4.78 is 15.3. The Morgan fingerprint density at radius 2 is 1.92 bits per heavy atom. The van der Waals surface area contributed by atoms with E-state index in [-0.39, 0.29) is 18.7 Å². The van der Waals surface area contributed by atoms with Gasteiger partial charge in [0, 0.05) is 0 Å². The molecular weight excluding hydrogens is 328 g/mol. The first-order valence-corrected chi connectivity index (χ1v) is 7.48. The third-order valence-electron chi connectivity index (χ3n) is 3.14. The van der Waals surface area contributed by atoms with Crippen LogP contribution in [0.15, 0.2) is 47.1 Å². The van der Waals surface area contributed by atoms with Crippen LogP contribution >= 0.6 is 0 Å². The molecule has 0 radical (unpaired) electrons. The topological polar surface area (TPSA) is 121 Å². The van der Waals surface area contributed by atoms with E-state index in [1.807, 2.05) is 0 Å². The number of nitrogens with two attached hydrogens (primary N) is 1. The van der Waals surface area contributed by atoms with Crippen molar-refractivity contribution in [3.63, 3.8) is 0 Å². The number of hydrogen-bond acceptors (Lipinski definition) is 6. The Morgan fingerprint density at radius 1 is 1.20 bits per heavy atom. The molecule has 1 aromatic carbocycles. The van der Waals surface area contributed by atoms with E-state index in [2.05, 4.69) is 5.32 Å². The smallest absolute Gasteiger partial charge is 0.338 e. The molecule has 1 atom stereocenters. The summed E-state index contributed by atoms with van der Waals surface area (Å²) in [5.74, 6) is -0.704. The highest BCUT2D eigenvalue weighted by atomic mass is 16.5. The predicted molar refractivity (Wildman–Crippen MR) is 86.6 cm³/mol. The van der Waals surface area contributed by atoms with Gasteiger partial charge in [0.25, 0.3) is 11.8 Å². The van der Waals surface area contributed by atoms with E-state index >= 15 is 0 Å². The maximum Gasteiger partial charge on any atom is 0.338 e. The van der Waals surface area contributed by atoms with Gasteiger partial charge in [0.15, 0.2) is 12.7 Å². The van der Waals surface area contributed by atoms with Gasteiger partial charge in [-0.1, -0.05) is 0 Å². The van der Waals surface area contributed by atoms with Gasteiger partial charge in [0.05, 0.1) is 18.4 Å². The van der Waals surface area contributed by atoms with Crippen LogP contribution in [0.3, 0.4) is 0 Å². The van der Waals surface area contributed by atoms with E-state index in [1.54, 1.807) is 12.1 Å². The number of carbonyl (C=O) groups excluding carboxylic acids is 3. The summed E-state index contributed by atoms with van der Waals surface area (Å²) in [6.07, 6.45) is 0.537. The molecule has 0 aliphatic rings. The summed E-state index contributed by atoms with van der Waals surface area (Å²) in [6, 6.07) is 9.36. The summed E-state index contributed by atoms with van der Waals surface area (Å²) in [5.41, 5.74) is 5.22. The first-order chi connectivity index (χ1) is 12.0. The molecule has 2 aromatic rings. The number of carbonyl (C=O) groups is 3. The minimum Gasteiger partial charge on any atom is -0.484 e. The monoisotopic (exact) mass is 346 g/mol. The Kier molecular flexibility index (Phi) is 6.16. The van der Waals surface area contributed by atoms with Crippen molar-refractivity contribution in [3.8, 4) is 5.75 Å². The first-order valence-electron chi connectivity index (χ1n) is 7.48. The Bertz CT molecular complexity index is 724. The van der Waals surface area contributed by atoms with Crippen LogP contribution in [0.1, 0.15) is 23.0 Å². The molecular formula is C17H18N2O6. The fraction of sp³-hybridized carbons (Fsp3) is 0.235. The molecule has 3 N–H and O–H groups in total. The molecule has 1 heterocycles. The summed E-state index contributed by atoms with van der Waals surface area (Å²) in [5, 5.41) is 2.60. The number of nitrogens with one attached hydrogen (secondary N) is 1. The van der Waals surface area contributed by atoms with Crippen molar-refractivity contribution in [2.45, 2.75) is 19.6 Å². The third-order valence-corrected chi connectivity index (χ3v) is 3.14. The molecule has 2 amide bonds. The quantitative estimate of drug-likeness (QED) is 0.688. The van der Waals surface area contributed by atoms with E-state index in [1.165, 1.54) is 37.5 Å². The summed E-state index contributed by atoms with van der Waals surface area (Å²) in [7, 11) is 0. The van der Waals surface area contributed by atoms with Crippen LogP contribution in [0.2, 0.25) is 0 Å². The van der Waals surface area contributed by atoms with Crippen LogP contribution in [0, 0.1) is 0 Å². The maximum atomic E-state index is 12.0. The number of amides is 2. The van der Waals surface area contributed by atoms with Crippen LogP contribution in [0.4, 0.5) is 0 Å². The lowest BCUT2D eigenvalue weighted by Gasteiger charge is -2.13. The van der Waals surface area contributed by atoms with Crippen LogP contribution in [-0.4, -0.2) is 30.5 Å². The van der Waals surface area contributed by atoms with Gasteiger partial charge >= 0.3 is 5.97 Å². The third kappa shape index (κ3) is 5.69. The van der Waals surface area contributed by atoms with Gasteiger partial charge < -0.3 is 24.9 Å². The second-order valence-electron chi connectivity index (χ2n) is 5.12. The minimum atomic E-state index is -0.965. The molecule has 25 heavy (non-hydrogen) atoms. The number of rotatable bonds is 8. The van der Waals surface area contributed by atoms with Gasteiger partial charge in [-0.2, -0.15) is 0 Å². The standard InChI is InChI=1S/C17H18N2O6/c1-11(16(21)19-9-14-3-2-8-23-14)25-17(22)12-4-6-13(7-5-12)24-10-15(18)20/h2-8,11H,9-10H2,1H3,(H2,18,20)(H,19,21)/t11-/m0/s1. The van der Waals surface area contributed by atoms with Crippen molar-refractivity contribution >= 4 is 17.8 Å². The molecule has 1 aromatic heterocycles. The molecule has 132 valence electrons. The van der Waals surface area contributed by atoms with Crippen molar-refractivity contribution in [2.24, 2.45) is 5.73 Å². The number of benzene rings is 1. The van der Waals surface area contributed by atoms with Gasteiger partial charge in [-0.3, -0.25) is 9.59 Å². The Balaban J connectivity index is 1.83. The predicted octanol–water partition coefficient (Wildman–Crippen LogP) is 1.01. The lowest BCUT2D eigenvalue weighted by Crippen LogP contribution is -2.35. The van der Waals surface area contributed by atoms with Crippen molar-refractivity contribution in [3.05, 3.63) is 54.0 Å². The number of esters is 1. The molecule has 0 saturated heterocycles. The number of hydrogen-bond donors (Lipinski definition) is 2. The molecule has 0 aliphatic carbocycles. The molecule has 2 rings (SSSR count). The van der Waals surface area contributed by atoms with E-state index in [9.17, 15) is 14.4 Å². The highest BCUT2D eigenvalue weighted by Gasteiger charge is 2.19. The molecule has 0 unspecified atom stereocenters. The van der Waals surface area contributed by atoms with Crippen LogP contribution in [-0.2, 0) is 20.9 Å². The fourth-order valence-corrected chi connectivity index (χ4v) is 1.85. The minimum absolute atomic E-state index is 0.208. The van der Waals surface area contributed by atoms with E-state index in [0.717, 1.165) is 0 Å². The number of ether oxygens (including phenoxy) is 2. The summed E-state index contributed by atoms with van der Waals surface area (Å²) in [4.78, 5) is 34.6. The Morgan fingerprint density at radius 3 is 2.52 bits per heavy atom. The van der Waals surface area contributed by atoms with Gasteiger partial charge in [-0.05, 0) is 43.3 Å². The molecule has 0 fully saturated rings. The lowest BCUT2D eigenvalue weighted by atomic mass is 10.2. The van der Waals surface area contributed by atoms with Crippen molar-refractivity contribution in [2.75, 3.05) is 6.61 Å². The van der Waals surface area contributed by atoms with Gasteiger partial charge in [-0.25, -0.2) is 4.79 Å². The van der Waals surface area contributed by atoms with Crippen LogP contribution in [0.5, 0.6) is 5.75 Å². The van der Waals surface area contributed by atoms with E-state index in [4.69, 9.17) is 19.6 Å². The van der Waals surface area contributed by atoms with E-state index in [0.29, 0.717) is 11.5 Å². The molecule has 8 nitrogen and oxygen atoms in total. The highest BCUT2D eigenvalue weighted by molar-refractivity contribution is 5.92. The fourth-order valence-electron chi connectivity index (χ4n) is 1.85. The molecule has 0 bridgehead atoms. The SMILES string of the molecule is C[C@H](OC(=O)c1ccc(OCC(N)=O)cc1)C(=O)NCc1ccco1. The van der Waals surface area contributed by atoms with Gasteiger partial charge in [0.1, 0.15) is 11.5 Å². The zero-order valence-electron chi connectivity index (χ0n) is 13.6. The van der Waals surface area contributed by atoms with Crippen molar-refractivity contribution in [1.29, 1.82) is 0 Å². The molecule has 8 heteroatoms. The Labute approximate surface area is 143 Å². The first kappa shape index (κ1) is 18.1. The van der Waals surface area contributed by atoms with Crippen molar-refractivity contribution in [1.82, 2.24) is 5.32 Å². The highest BCUT2D eigenvalue weighted by Crippen LogP contribution is 2.13. The average Bonchev–Trinajstić information content (AvgIpc) is 3.11. The molecule has 0 spiro atoms. The van der Waals surface area contributed by atoms with Crippen LogP contribution in [0.25, 0.3) is 0 Å². The second kappa shape index (κ2) is 8.53. The number of furan rings is 1. The molecule has 0 aliphatic heterocycles. The summed E-state index contributed by atoms with van der Waals surface area (Å²) >= 11 is 0. The van der Waals surface area contributed by atoms with E-state index < -0.39 is 23.9 Å². The Hall–Kier alpha value is -3.29. The number of primary amides is 1. The zero-order valence-corrected chi connectivity index (χ0v) is 13.6. The van der Waals surface area contributed by atoms with Gasteiger partial charge in [-0.15, -0.1) is 0 Å². The normalized spacial score (nSPS) is 11.4.